The first kappa shape index (κ1) is 11.8. The van der Waals surface area contributed by atoms with E-state index in [9.17, 15) is 0 Å². The van der Waals surface area contributed by atoms with Gasteiger partial charge in [0, 0.05) is 22.4 Å². The Morgan fingerprint density at radius 1 is 1.44 bits per heavy atom. The first-order valence-corrected chi connectivity index (χ1v) is 6.75. The fourth-order valence-electron chi connectivity index (χ4n) is 1.85. The Labute approximate surface area is 106 Å². The van der Waals surface area contributed by atoms with Gasteiger partial charge in [-0.05, 0) is 59.3 Å². The molecule has 0 atom stereocenters. The van der Waals surface area contributed by atoms with E-state index in [2.05, 4.69) is 27.3 Å². The number of rotatable bonds is 5. The molecule has 1 fully saturated rings. The van der Waals surface area contributed by atoms with Crippen molar-refractivity contribution in [2.75, 3.05) is 17.6 Å². The summed E-state index contributed by atoms with van der Waals surface area (Å²) in [5.41, 5.74) is 8.96. The molecule has 1 aromatic carbocycles. The highest BCUT2D eigenvalue weighted by atomic mass is 79.9. The van der Waals surface area contributed by atoms with Crippen LogP contribution in [0.3, 0.4) is 0 Å². The van der Waals surface area contributed by atoms with Crippen LogP contribution in [0.25, 0.3) is 0 Å². The number of anilines is 2. The van der Waals surface area contributed by atoms with Gasteiger partial charge in [0.1, 0.15) is 0 Å². The van der Waals surface area contributed by atoms with E-state index in [4.69, 9.17) is 5.73 Å². The van der Waals surface area contributed by atoms with Gasteiger partial charge in [-0.15, -0.1) is 0 Å². The molecule has 1 saturated carbocycles. The van der Waals surface area contributed by atoms with Gasteiger partial charge in [-0.2, -0.15) is 0 Å². The average molecular weight is 283 g/mol. The van der Waals surface area contributed by atoms with E-state index in [1.165, 1.54) is 25.7 Å². The zero-order chi connectivity index (χ0) is 11.5. The molecule has 2 rings (SSSR count). The van der Waals surface area contributed by atoms with Crippen LogP contribution in [0.5, 0.6) is 0 Å². The summed E-state index contributed by atoms with van der Waals surface area (Å²) in [7, 11) is 0. The van der Waals surface area contributed by atoms with Crippen LogP contribution in [0.1, 0.15) is 31.2 Å². The van der Waals surface area contributed by atoms with Crippen molar-refractivity contribution >= 4 is 27.3 Å². The molecule has 0 radical (unpaired) electrons. The predicted octanol–water partition coefficient (Wildman–Crippen LogP) is 3.94. The van der Waals surface area contributed by atoms with E-state index in [1.54, 1.807) is 0 Å². The lowest BCUT2D eigenvalue weighted by Gasteiger charge is -2.11. The number of hydrogen-bond acceptors (Lipinski definition) is 2. The molecule has 0 heterocycles. The maximum atomic E-state index is 5.83. The maximum absolute atomic E-state index is 5.83. The van der Waals surface area contributed by atoms with E-state index in [-0.39, 0.29) is 0 Å². The normalized spacial score (nSPS) is 15.1. The smallest absolute Gasteiger partial charge is 0.0488 e. The van der Waals surface area contributed by atoms with Crippen molar-refractivity contribution in [1.82, 2.24) is 0 Å². The second-order valence-corrected chi connectivity index (χ2v) is 5.56. The number of nitrogens with two attached hydrogens (primary N) is 1. The van der Waals surface area contributed by atoms with E-state index in [0.717, 1.165) is 33.9 Å². The van der Waals surface area contributed by atoms with Crippen molar-refractivity contribution in [2.24, 2.45) is 5.92 Å². The van der Waals surface area contributed by atoms with Crippen molar-refractivity contribution in [2.45, 2.75) is 32.6 Å². The minimum Gasteiger partial charge on any atom is -0.398 e. The van der Waals surface area contributed by atoms with E-state index >= 15 is 0 Å². The standard InChI is InChI=1S/C13H19BrN2/c1-9-7-13(11(14)8-12(9)15)16-6-2-3-10-4-5-10/h7-8,10,16H,2-6,15H2,1H3. The first-order chi connectivity index (χ1) is 7.66. The molecule has 0 amide bonds. The van der Waals surface area contributed by atoms with Gasteiger partial charge in [0.15, 0.2) is 0 Å². The summed E-state index contributed by atoms with van der Waals surface area (Å²) in [6.07, 6.45) is 5.54. The van der Waals surface area contributed by atoms with Crippen molar-refractivity contribution in [3.8, 4) is 0 Å². The van der Waals surface area contributed by atoms with Crippen molar-refractivity contribution < 1.29 is 0 Å². The van der Waals surface area contributed by atoms with Gasteiger partial charge in [0.2, 0.25) is 0 Å². The van der Waals surface area contributed by atoms with Crippen LogP contribution < -0.4 is 11.1 Å². The molecule has 1 aliphatic carbocycles. The van der Waals surface area contributed by atoms with Crippen LogP contribution >= 0.6 is 15.9 Å². The largest absolute Gasteiger partial charge is 0.398 e. The van der Waals surface area contributed by atoms with Crippen LogP contribution in [-0.4, -0.2) is 6.54 Å². The van der Waals surface area contributed by atoms with Crippen LogP contribution in [0.15, 0.2) is 16.6 Å². The molecule has 0 spiro atoms. The third-order valence-electron chi connectivity index (χ3n) is 3.16. The number of benzene rings is 1. The van der Waals surface area contributed by atoms with Crippen LogP contribution in [-0.2, 0) is 0 Å². The Balaban J connectivity index is 1.85. The molecule has 0 bridgehead atoms. The lowest BCUT2D eigenvalue weighted by molar-refractivity contribution is 0.687. The van der Waals surface area contributed by atoms with Gasteiger partial charge in [-0.1, -0.05) is 12.8 Å². The lowest BCUT2D eigenvalue weighted by atomic mass is 10.1. The minimum absolute atomic E-state index is 0.843. The topological polar surface area (TPSA) is 38.0 Å². The quantitative estimate of drug-likeness (QED) is 0.634. The second kappa shape index (κ2) is 5.09. The van der Waals surface area contributed by atoms with Crippen LogP contribution in [0.4, 0.5) is 11.4 Å². The molecular weight excluding hydrogens is 264 g/mol. The molecule has 16 heavy (non-hydrogen) atoms. The molecule has 88 valence electrons. The van der Waals surface area contributed by atoms with Gasteiger partial charge >= 0.3 is 0 Å². The summed E-state index contributed by atoms with van der Waals surface area (Å²) >= 11 is 3.53. The third kappa shape index (κ3) is 3.14. The summed E-state index contributed by atoms with van der Waals surface area (Å²) in [5.74, 6) is 1.03. The Morgan fingerprint density at radius 2 is 2.19 bits per heavy atom. The summed E-state index contributed by atoms with van der Waals surface area (Å²) in [6.45, 7) is 3.09. The fourth-order valence-corrected chi connectivity index (χ4v) is 2.35. The highest BCUT2D eigenvalue weighted by Gasteiger charge is 2.19. The highest BCUT2D eigenvalue weighted by molar-refractivity contribution is 9.10. The van der Waals surface area contributed by atoms with Gasteiger partial charge in [-0.25, -0.2) is 0 Å². The molecule has 1 aromatic rings. The van der Waals surface area contributed by atoms with Gasteiger partial charge in [-0.3, -0.25) is 0 Å². The van der Waals surface area contributed by atoms with E-state index in [0.29, 0.717) is 0 Å². The van der Waals surface area contributed by atoms with Crippen molar-refractivity contribution in [1.29, 1.82) is 0 Å². The molecule has 0 aliphatic heterocycles. The summed E-state index contributed by atoms with van der Waals surface area (Å²) in [5, 5.41) is 3.46. The monoisotopic (exact) mass is 282 g/mol. The van der Waals surface area contributed by atoms with Crippen LogP contribution in [0, 0.1) is 12.8 Å². The molecule has 1 aliphatic rings. The number of halogens is 1. The minimum atomic E-state index is 0.843. The second-order valence-electron chi connectivity index (χ2n) is 4.70. The van der Waals surface area contributed by atoms with Crippen molar-refractivity contribution in [3.05, 3.63) is 22.2 Å². The van der Waals surface area contributed by atoms with E-state index in [1.807, 2.05) is 13.0 Å². The summed E-state index contributed by atoms with van der Waals surface area (Å²) in [4.78, 5) is 0. The third-order valence-corrected chi connectivity index (χ3v) is 3.81. The Kier molecular flexibility index (Phi) is 3.74. The van der Waals surface area contributed by atoms with Gasteiger partial charge in [0.25, 0.3) is 0 Å². The van der Waals surface area contributed by atoms with Gasteiger partial charge in [0.05, 0.1) is 0 Å². The summed E-state index contributed by atoms with van der Waals surface area (Å²) in [6, 6.07) is 4.08. The molecule has 0 unspecified atom stereocenters. The SMILES string of the molecule is Cc1cc(NCCCC2CC2)c(Br)cc1N. The number of nitrogens with one attached hydrogen (secondary N) is 1. The maximum Gasteiger partial charge on any atom is 0.0488 e. The Bertz CT molecular complexity index is 372. The molecule has 2 nitrogen and oxygen atoms in total. The zero-order valence-electron chi connectivity index (χ0n) is 9.72. The van der Waals surface area contributed by atoms with Crippen LogP contribution in [0.2, 0.25) is 0 Å². The average Bonchev–Trinajstić information content (AvgIpc) is 3.04. The van der Waals surface area contributed by atoms with Gasteiger partial charge < -0.3 is 11.1 Å². The highest BCUT2D eigenvalue weighted by Crippen LogP contribution is 2.33. The summed E-state index contributed by atoms with van der Waals surface area (Å²) < 4.78 is 1.06. The van der Waals surface area contributed by atoms with E-state index < -0.39 is 0 Å². The molecule has 3 N–H and O–H groups in total. The molecule has 0 aromatic heterocycles. The fraction of sp³-hybridized carbons (Fsp3) is 0.538. The Morgan fingerprint density at radius 3 is 2.88 bits per heavy atom. The molecule has 0 saturated heterocycles. The molecule has 3 heteroatoms. The Hall–Kier alpha value is -0.700. The zero-order valence-corrected chi connectivity index (χ0v) is 11.3. The lowest BCUT2D eigenvalue weighted by Crippen LogP contribution is -2.03. The van der Waals surface area contributed by atoms with Crippen molar-refractivity contribution in [3.63, 3.8) is 0 Å². The number of aryl methyl sites for hydroxylation is 1. The predicted molar refractivity (Wildman–Crippen MR) is 73.7 cm³/mol. The number of hydrogen-bond donors (Lipinski definition) is 2. The molecular formula is C13H19BrN2. The number of nitrogen functional groups attached to an aromatic ring is 1. The first-order valence-electron chi connectivity index (χ1n) is 5.96.